The minimum Gasteiger partial charge on any atom is -0.227 e. The third-order valence-electron chi connectivity index (χ3n) is 2.53. The predicted molar refractivity (Wildman–Crippen MR) is 85.6 cm³/mol. The lowest BCUT2D eigenvalue weighted by atomic mass is 10.2. The first-order valence-corrected chi connectivity index (χ1v) is 7.87. The van der Waals surface area contributed by atoms with Crippen molar-refractivity contribution in [1.82, 2.24) is 9.97 Å². The maximum atomic E-state index is 6.20. The van der Waals surface area contributed by atoms with Gasteiger partial charge in [-0.15, -0.1) is 11.3 Å². The van der Waals surface area contributed by atoms with Crippen LogP contribution >= 0.6 is 62.1 Å². The molecule has 0 fully saturated rings. The molecule has 2 nitrogen and oxygen atoms in total. The van der Waals surface area contributed by atoms with Crippen LogP contribution in [0.1, 0.15) is 0 Å². The monoisotopic (exact) mass is 392 g/mol. The Hall–Kier alpha value is -0.390. The summed E-state index contributed by atoms with van der Waals surface area (Å²) in [7, 11) is 0. The molecule has 0 amide bonds. The minimum absolute atomic E-state index is 0.389. The van der Waals surface area contributed by atoms with Crippen LogP contribution in [0.3, 0.4) is 0 Å². The second kappa shape index (κ2) is 5.19. The summed E-state index contributed by atoms with van der Waals surface area (Å²) in [5, 5.41) is 1.18. The second-order valence-electron chi connectivity index (χ2n) is 3.71. The fourth-order valence-electron chi connectivity index (χ4n) is 1.69. The number of rotatable bonds is 1. The topological polar surface area (TPSA) is 25.8 Å². The van der Waals surface area contributed by atoms with Crippen molar-refractivity contribution >= 4 is 73.0 Å². The molecular formula is C12H4BrCl3N2S. The van der Waals surface area contributed by atoms with Crippen molar-refractivity contribution < 1.29 is 0 Å². The standard InChI is InChI=1S/C12H4BrCl3N2S/c13-7-3-1-2-5-9(7)17-12(18-10(5)15)6-4-8(14)19-11(6)16/h1-4H. The minimum atomic E-state index is 0.389. The molecule has 1 aromatic carbocycles. The Bertz CT molecular complexity index is 788. The summed E-state index contributed by atoms with van der Waals surface area (Å²) in [6, 6.07) is 7.39. The number of hydrogen-bond donors (Lipinski definition) is 0. The highest BCUT2D eigenvalue weighted by Crippen LogP contribution is 2.38. The van der Waals surface area contributed by atoms with Crippen LogP contribution in [-0.4, -0.2) is 9.97 Å². The van der Waals surface area contributed by atoms with Gasteiger partial charge in [-0.05, 0) is 34.1 Å². The molecule has 0 unspecified atom stereocenters. The third-order valence-corrected chi connectivity index (χ3v) is 4.94. The zero-order valence-corrected chi connectivity index (χ0v) is 13.8. The van der Waals surface area contributed by atoms with Crippen LogP contribution < -0.4 is 0 Å². The molecule has 0 N–H and O–H groups in total. The maximum Gasteiger partial charge on any atom is 0.163 e. The van der Waals surface area contributed by atoms with Crippen LogP contribution in [0.4, 0.5) is 0 Å². The van der Waals surface area contributed by atoms with Crippen molar-refractivity contribution in [3.8, 4) is 11.4 Å². The Morgan fingerprint density at radius 2 is 1.89 bits per heavy atom. The third kappa shape index (κ3) is 2.48. The average Bonchev–Trinajstić information content (AvgIpc) is 2.70. The lowest BCUT2D eigenvalue weighted by Gasteiger charge is -2.05. The largest absolute Gasteiger partial charge is 0.227 e. The van der Waals surface area contributed by atoms with Gasteiger partial charge in [0.2, 0.25) is 0 Å². The molecule has 19 heavy (non-hydrogen) atoms. The van der Waals surface area contributed by atoms with Crippen molar-refractivity contribution in [3.63, 3.8) is 0 Å². The summed E-state index contributed by atoms with van der Waals surface area (Å²) < 4.78 is 1.99. The fraction of sp³-hybridized carbons (Fsp3) is 0. The molecule has 0 spiro atoms. The van der Waals surface area contributed by atoms with E-state index in [0.717, 1.165) is 15.4 Å². The van der Waals surface area contributed by atoms with Gasteiger partial charge < -0.3 is 0 Å². The summed E-state index contributed by atoms with van der Waals surface area (Å²) in [5.41, 5.74) is 1.44. The van der Waals surface area contributed by atoms with Gasteiger partial charge in [0.1, 0.15) is 9.49 Å². The number of nitrogens with zero attached hydrogens (tertiary/aromatic N) is 2. The van der Waals surface area contributed by atoms with Gasteiger partial charge in [0.05, 0.1) is 15.4 Å². The van der Waals surface area contributed by atoms with Crippen LogP contribution in [0.25, 0.3) is 22.3 Å². The molecule has 2 aromatic heterocycles. The first-order chi connectivity index (χ1) is 9.06. The zero-order valence-electron chi connectivity index (χ0n) is 9.12. The van der Waals surface area contributed by atoms with E-state index < -0.39 is 0 Å². The number of aromatic nitrogens is 2. The SMILES string of the molecule is Clc1cc(-c2nc(Cl)c3cccc(Br)c3n2)c(Cl)s1. The Morgan fingerprint density at radius 1 is 1.11 bits per heavy atom. The van der Waals surface area contributed by atoms with Crippen molar-refractivity contribution in [1.29, 1.82) is 0 Å². The smallest absolute Gasteiger partial charge is 0.163 e. The van der Waals surface area contributed by atoms with E-state index in [1.54, 1.807) is 6.07 Å². The number of halogens is 4. The van der Waals surface area contributed by atoms with E-state index in [0.29, 0.717) is 25.2 Å². The van der Waals surface area contributed by atoms with Crippen LogP contribution in [-0.2, 0) is 0 Å². The number of para-hydroxylation sites is 1. The van der Waals surface area contributed by atoms with Gasteiger partial charge in [0.15, 0.2) is 5.82 Å². The normalized spacial score (nSPS) is 11.2. The van der Waals surface area contributed by atoms with E-state index in [9.17, 15) is 0 Å². The van der Waals surface area contributed by atoms with E-state index >= 15 is 0 Å². The highest BCUT2D eigenvalue weighted by molar-refractivity contribution is 9.10. The number of hydrogen-bond acceptors (Lipinski definition) is 3. The number of fused-ring (bicyclic) bond motifs is 1. The van der Waals surface area contributed by atoms with Gasteiger partial charge in [-0.25, -0.2) is 9.97 Å². The van der Waals surface area contributed by atoms with Gasteiger partial charge in [-0.1, -0.05) is 40.9 Å². The molecule has 3 aromatic rings. The molecular weight excluding hydrogens is 390 g/mol. The first-order valence-electron chi connectivity index (χ1n) is 5.13. The second-order valence-corrected chi connectivity index (χ2v) is 7.21. The van der Waals surface area contributed by atoms with E-state index in [-0.39, 0.29) is 0 Å². The Kier molecular flexibility index (Phi) is 3.71. The van der Waals surface area contributed by atoms with Gasteiger partial charge in [-0.2, -0.15) is 0 Å². The summed E-state index contributed by atoms with van der Waals surface area (Å²) in [5.74, 6) is 0.470. The molecule has 0 radical (unpaired) electrons. The average molecular weight is 395 g/mol. The molecule has 0 saturated heterocycles. The van der Waals surface area contributed by atoms with Crippen molar-refractivity contribution in [2.24, 2.45) is 0 Å². The van der Waals surface area contributed by atoms with Crippen LogP contribution in [0, 0.1) is 0 Å². The van der Waals surface area contributed by atoms with Crippen LogP contribution in [0.2, 0.25) is 13.8 Å². The van der Waals surface area contributed by atoms with Crippen LogP contribution in [0.15, 0.2) is 28.7 Å². The molecule has 0 aliphatic heterocycles. The fourth-order valence-corrected chi connectivity index (χ4v) is 3.84. The van der Waals surface area contributed by atoms with Gasteiger partial charge in [-0.3, -0.25) is 0 Å². The number of thiophene rings is 1. The predicted octanol–water partition coefficient (Wildman–Crippen LogP) is 6.08. The zero-order chi connectivity index (χ0) is 13.6. The molecule has 0 bridgehead atoms. The highest BCUT2D eigenvalue weighted by Gasteiger charge is 2.14. The molecule has 0 atom stereocenters. The molecule has 2 heterocycles. The Balaban J connectivity index is 2.32. The van der Waals surface area contributed by atoms with E-state index in [2.05, 4.69) is 25.9 Å². The highest BCUT2D eigenvalue weighted by atomic mass is 79.9. The van der Waals surface area contributed by atoms with Gasteiger partial charge in [0, 0.05) is 9.86 Å². The molecule has 96 valence electrons. The lowest BCUT2D eigenvalue weighted by Crippen LogP contribution is -1.91. The maximum absolute atomic E-state index is 6.20. The van der Waals surface area contributed by atoms with E-state index in [1.807, 2.05) is 18.2 Å². The van der Waals surface area contributed by atoms with Crippen LogP contribution in [0.5, 0.6) is 0 Å². The quantitative estimate of drug-likeness (QED) is 0.467. The molecule has 3 rings (SSSR count). The van der Waals surface area contributed by atoms with Crippen molar-refractivity contribution in [2.75, 3.05) is 0 Å². The van der Waals surface area contributed by atoms with Gasteiger partial charge in [0.25, 0.3) is 0 Å². The van der Waals surface area contributed by atoms with E-state index in [4.69, 9.17) is 34.8 Å². The summed E-state index contributed by atoms with van der Waals surface area (Å²) in [6.07, 6.45) is 0. The van der Waals surface area contributed by atoms with Gasteiger partial charge >= 0.3 is 0 Å². The summed E-state index contributed by atoms with van der Waals surface area (Å²) in [6.45, 7) is 0. The van der Waals surface area contributed by atoms with E-state index in [1.165, 1.54) is 11.3 Å². The Labute approximate surface area is 136 Å². The summed E-state index contributed by atoms with van der Waals surface area (Å²) >= 11 is 23.0. The molecule has 0 saturated carbocycles. The number of benzene rings is 1. The van der Waals surface area contributed by atoms with Crippen molar-refractivity contribution in [3.05, 3.63) is 42.6 Å². The molecule has 0 aliphatic carbocycles. The molecule has 7 heteroatoms. The first kappa shape index (κ1) is 13.6. The Morgan fingerprint density at radius 3 is 2.58 bits per heavy atom. The molecule has 0 aliphatic rings. The summed E-state index contributed by atoms with van der Waals surface area (Å²) in [4.78, 5) is 8.79. The lowest BCUT2D eigenvalue weighted by molar-refractivity contribution is 1.23. The van der Waals surface area contributed by atoms with Crippen molar-refractivity contribution in [2.45, 2.75) is 0 Å².